The number of rotatable bonds is 5. The molecule has 2 nitrogen and oxygen atoms in total. The molecule has 1 atom stereocenters. The summed E-state index contributed by atoms with van der Waals surface area (Å²) < 4.78 is 20.7. The van der Waals surface area contributed by atoms with Crippen molar-refractivity contribution < 1.29 is 9.13 Å². The van der Waals surface area contributed by atoms with Crippen molar-refractivity contribution in [1.29, 1.82) is 0 Å². The fraction of sp³-hybridized carbons (Fsp3) is 0.250. The SMILES string of the molecule is CCNC(C)c1cccc(F)c1Oc1ccccc1Br. The summed E-state index contributed by atoms with van der Waals surface area (Å²) in [4.78, 5) is 0. The Morgan fingerprint density at radius 2 is 1.95 bits per heavy atom. The molecule has 2 rings (SSSR count). The fourth-order valence-electron chi connectivity index (χ4n) is 2.03. The Kier molecular flexibility index (Phi) is 5.15. The molecule has 20 heavy (non-hydrogen) atoms. The first-order valence-electron chi connectivity index (χ1n) is 6.57. The van der Waals surface area contributed by atoms with Crippen molar-refractivity contribution in [2.45, 2.75) is 19.9 Å². The van der Waals surface area contributed by atoms with E-state index in [1.54, 1.807) is 12.1 Å². The summed E-state index contributed by atoms with van der Waals surface area (Å²) in [7, 11) is 0. The van der Waals surface area contributed by atoms with Crippen LogP contribution in [-0.4, -0.2) is 6.54 Å². The molecule has 0 aliphatic carbocycles. The average molecular weight is 338 g/mol. The molecule has 0 fully saturated rings. The van der Waals surface area contributed by atoms with E-state index < -0.39 is 0 Å². The number of hydrogen-bond donors (Lipinski definition) is 1. The van der Waals surface area contributed by atoms with Gasteiger partial charge in [0.05, 0.1) is 4.47 Å². The van der Waals surface area contributed by atoms with Gasteiger partial charge in [0.15, 0.2) is 11.6 Å². The van der Waals surface area contributed by atoms with Gasteiger partial charge in [-0.2, -0.15) is 0 Å². The molecule has 0 bridgehead atoms. The third-order valence-electron chi connectivity index (χ3n) is 3.02. The van der Waals surface area contributed by atoms with E-state index in [1.807, 2.05) is 38.1 Å². The van der Waals surface area contributed by atoms with Gasteiger partial charge in [-0.25, -0.2) is 4.39 Å². The molecule has 2 aromatic rings. The van der Waals surface area contributed by atoms with Crippen LogP contribution in [0.5, 0.6) is 11.5 Å². The van der Waals surface area contributed by atoms with Crippen LogP contribution >= 0.6 is 15.9 Å². The van der Waals surface area contributed by atoms with Crippen molar-refractivity contribution in [2.24, 2.45) is 0 Å². The van der Waals surface area contributed by atoms with Gasteiger partial charge in [0.2, 0.25) is 0 Å². The molecule has 0 spiro atoms. The molecule has 0 radical (unpaired) electrons. The van der Waals surface area contributed by atoms with Crippen molar-refractivity contribution in [3.63, 3.8) is 0 Å². The molecule has 106 valence electrons. The van der Waals surface area contributed by atoms with Crippen LogP contribution in [0.2, 0.25) is 0 Å². The van der Waals surface area contributed by atoms with E-state index in [0.717, 1.165) is 16.6 Å². The smallest absolute Gasteiger partial charge is 0.167 e. The minimum atomic E-state index is -0.358. The van der Waals surface area contributed by atoms with Crippen molar-refractivity contribution in [3.05, 3.63) is 58.3 Å². The maximum absolute atomic E-state index is 14.1. The molecule has 1 unspecified atom stereocenters. The predicted molar refractivity (Wildman–Crippen MR) is 82.7 cm³/mol. The number of nitrogens with one attached hydrogen (secondary N) is 1. The van der Waals surface area contributed by atoms with E-state index in [0.29, 0.717) is 5.75 Å². The van der Waals surface area contributed by atoms with E-state index >= 15 is 0 Å². The van der Waals surface area contributed by atoms with Crippen LogP contribution in [0.1, 0.15) is 25.5 Å². The molecule has 1 N–H and O–H groups in total. The second kappa shape index (κ2) is 6.86. The summed E-state index contributed by atoms with van der Waals surface area (Å²) in [5, 5.41) is 3.27. The maximum atomic E-state index is 14.1. The Labute approximate surface area is 127 Å². The van der Waals surface area contributed by atoms with Crippen LogP contribution in [0.15, 0.2) is 46.9 Å². The van der Waals surface area contributed by atoms with Crippen molar-refractivity contribution >= 4 is 15.9 Å². The Balaban J connectivity index is 2.38. The first kappa shape index (κ1) is 15.0. The number of hydrogen-bond acceptors (Lipinski definition) is 2. The highest BCUT2D eigenvalue weighted by atomic mass is 79.9. The molecule has 0 aliphatic rings. The number of benzene rings is 2. The number of halogens is 2. The molecule has 0 heterocycles. The summed E-state index contributed by atoms with van der Waals surface area (Å²) in [6, 6.07) is 12.4. The Morgan fingerprint density at radius 3 is 2.65 bits per heavy atom. The molecule has 0 saturated carbocycles. The molecule has 0 aliphatic heterocycles. The van der Waals surface area contributed by atoms with Crippen molar-refractivity contribution in [3.8, 4) is 11.5 Å². The molecule has 4 heteroatoms. The monoisotopic (exact) mass is 337 g/mol. The summed E-state index contributed by atoms with van der Waals surface area (Å²) >= 11 is 3.41. The lowest BCUT2D eigenvalue weighted by Crippen LogP contribution is -2.18. The first-order chi connectivity index (χ1) is 9.63. The lowest BCUT2D eigenvalue weighted by molar-refractivity contribution is 0.424. The van der Waals surface area contributed by atoms with Gasteiger partial charge in [0, 0.05) is 11.6 Å². The highest BCUT2D eigenvalue weighted by molar-refractivity contribution is 9.10. The molecular weight excluding hydrogens is 321 g/mol. The third kappa shape index (κ3) is 3.38. The minimum absolute atomic E-state index is 0.0215. The summed E-state index contributed by atoms with van der Waals surface area (Å²) in [5.74, 6) is 0.512. The number of para-hydroxylation sites is 2. The Hall–Kier alpha value is -1.39. The van der Waals surface area contributed by atoms with Crippen molar-refractivity contribution in [1.82, 2.24) is 5.32 Å². The second-order valence-electron chi connectivity index (χ2n) is 4.47. The zero-order chi connectivity index (χ0) is 14.5. The summed E-state index contributed by atoms with van der Waals surface area (Å²) in [6.45, 7) is 4.82. The van der Waals surface area contributed by atoms with Crippen LogP contribution in [0, 0.1) is 5.82 Å². The highest BCUT2D eigenvalue weighted by Gasteiger charge is 2.16. The maximum Gasteiger partial charge on any atom is 0.167 e. The number of ether oxygens (including phenoxy) is 1. The summed E-state index contributed by atoms with van der Waals surface area (Å²) in [6.07, 6.45) is 0. The largest absolute Gasteiger partial charge is 0.453 e. The Bertz CT molecular complexity index is 588. The first-order valence-corrected chi connectivity index (χ1v) is 7.37. The molecule has 0 amide bonds. The van der Waals surface area contributed by atoms with Gasteiger partial charge in [-0.1, -0.05) is 31.2 Å². The lowest BCUT2D eigenvalue weighted by Gasteiger charge is -2.18. The van der Waals surface area contributed by atoms with Crippen LogP contribution in [0.3, 0.4) is 0 Å². The fourth-order valence-corrected chi connectivity index (χ4v) is 2.39. The van der Waals surface area contributed by atoms with Crippen LogP contribution in [0.4, 0.5) is 4.39 Å². The zero-order valence-corrected chi connectivity index (χ0v) is 13.1. The average Bonchev–Trinajstić information content (AvgIpc) is 2.43. The second-order valence-corrected chi connectivity index (χ2v) is 5.32. The van der Waals surface area contributed by atoms with Crippen LogP contribution in [0.25, 0.3) is 0 Å². The van der Waals surface area contributed by atoms with Gasteiger partial charge in [0.25, 0.3) is 0 Å². The molecule has 0 aromatic heterocycles. The molecule has 2 aromatic carbocycles. The van der Waals surface area contributed by atoms with Crippen LogP contribution < -0.4 is 10.1 Å². The minimum Gasteiger partial charge on any atom is -0.453 e. The van der Waals surface area contributed by atoms with E-state index in [4.69, 9.17) is 4.74 Å². The zero-order valence-electron chi connectivity index (χ0n) is 11.5. The lowest BCUT2D eigenvalue weighted by atomic mass is 10.1. The van der Waals surface area contributed by atoms with E-state index in [-0.39, 0.29) is 17.6 Å². The topological polar surface area (TPSA) is 21.3 Å². The van der Waals surface area contributed by atoms with Crippen LogP contribution in [-0.2, 0) is 0 Å². The van der Waals surface area contributed by atoms with Gasteiger partial charge in [-0.15, -0.1) is 0 Å². The van der Waals surface area contributed by atoms with Gasteiger partial charge in [0.1, 0.15) is 5.75 Å². The van der Waals surface area contributed by atoms with E-state index in [2.05, 4.69) is 21.2 Å². The van der Waals surface area contributed by atoms with Crippen molar-refractivity contribution in [2.75, 3.05) is 6.54 Å². The molecular formula is C16H17BrFNO. The van der Waals surface area contributed by atoms with Gasteiger partial charge >= 0.3 is 0 Å². The van der Waals surface area contributed by atoms with E-state index in [9.17, 15) is 4.39 Å². The Morgan fingerprint density at radius 1 is 1.20 bits per heavy atom. The predicted octanol–water partition coefficient (Wildman–Crippen LogP) is 5.05. The van der Waals surface area contributed by atoms with Gasteiger partial charge in [-0.3, -0.25) is 0 Å². The highest BCUT2D eigenvalue weighted by Crippen LogP contribution is 2.35. The standard InChI is InChI=1S/C16H17BrFNO/c1-3-19-11(2)12-7-6-9-14(18)16(12)20-15-10-5-4-8-13(15)17/h4-11,19H,3H2,1-2H3. The normalized spacial score (nSPS) is 12.2. The quantitative estimate of drug-likeness (QED) is 0.824. The van der Waals surface area contributed by atoms with E-state index in [1.165, 1.54) is 6.07 Å². The molecule has 0 saturated heterocycles. The van der Waals surface area contributed by atoms with Gasteiger partial charge in [-0.05, 0) is 47.6 Å². The van der Waals surface area contributed by atoms with Gasteiger partial charge < -0.3 is 10.1 Å². The third-order valence-corrected chi connectivity index (χ3v) is 3.68. The summed E-state index contributed by atoms with van der Waals surface area (Å²) in [5.41, 5.74) is 0.808.